The highest BCUT2D eigenvalue weighted by atomic mass is 19.1. The lowest BCUT2D eigenvalue weighted by Gasteiger charge is -2.31. The Labute approximate surface area is 157 Å². The third kappa shape index (κ3) is 5.32. The molecule has 2 aromatic carbocycles. The smallest absolute Gasteiger partial charge is 0.132 e. The second-order valence-electron chi connectivity index (χ2n) is 6.42. The molecule has 0 aliphatic carbocycles. The molecule has 0 aromatic heterocycles. The molecule has 7 heteroatoms. The summed E-state index contributed by atoms with van der Waals surface area (Å²) in [7, 11) is 0. The van der Waals surface area contributed by atoms with Gasteiger partial charge in [-0.05, 0) is 18.1 Å². The quantitative estimate of drug-likeness (QED) is 0.441. The van der Waals surface area contributed by atoms with Gasteiger partial charge in [0.2, 0.25) is 0 Å². The molecule has 5 N–H and O–H groups in total. The Hall–Kier alpha value is -1.87. The summed E-state index contributed by atoms with van der Waals surface area (Å²) in [5.74, 6) is -0.598. The fourth-order valence-corrected chi connectivity index (χ4v) is 2.74. The van der Waals surface area contributed by atoms with Crippen molar-refractivity contribution >= 4 is 0 Å². The number of benzene rings is 2. The van der Waals surface area contributed by atoms with E-state index < -0.39 is 42.9 Å². The lowest BCUT2D eigenvalue weighted by molar-refractivity contribution is -0.155. The Bertz CT molecular complexity index is 711. The van der Waals surface area contributed by atoms with Crippen molar-refractivity contribution in [2.75, 3.05) is 6.61 Å². The molecule has 0 aliphatic rings. The average Bonchev–Trinajstić information content (AvgIpc) is 2.69. The highest BCUT2D eigenvalue weighted by Crippen LogP contribution is 2.29. The number of halogens is 1. The minimum Gasteiger partial charge on any atom is -0.394 e. The van der Waals surface area contributed by atoms with E-state index in [4.69, 9.17) is 9.84 Å². The van der Waals surface area contributed by atoms with Gasteiger partial charge < -0.3 is 30.3 Å². The van der Waals surface area contributed by atoms with Crippen molar-refractivity contribution in [3.05, 3.63) is 71.0 Å². The lowest BCUT2D eigenvalue weighted by atomic mass is 9.93. The second kappa shape index (κ2) is 9.89. The van der Waals surface area contributed by atoms with Gasteiger partial charge in [-0.1, -0.05) is 48.5 Å². The highest BCUT2D eigenvalue weighted by molar-refractivity contribution is 5.28. The lowest BCUT2D eigenvalue weighted by Crippen LogP contribution is -2.48. The van der Waals surface area contributed by atoms with E-state index in [1.165, 1.54) is 6.07 Å². The molecule has 5 atom stereocenters. The molecule has 0 saturated heterocycles. The van der Waals surface area contributed by atoms with E-state index in [0.29, 0.717) is 5.56 Å². The zero-order chi connectivity index (χ0) is 20.0. The van der Waals surface area contributed by atoms with Crippen LogP contribution in [0.3, 0.4) is 0 Å². The van der Waals surface area contributed by atoms with Crippen LogP contribution in [0.5, 0.6) is 0 Å². The van der Waals surface area contributed by atoms with Gasteiger partial charge in [0.1, 0.15) is 36.3 Å². The third-order valence-electron chi connectivity index (χ3n) is 4.39. The van der Waals surface area contributed by atoms with Crippen molar-refractivity contribution in [3.63, 3.8) is 0 Å². The summed E-state index contributed by atoms with van der Waals surface area (Å²) >= 11 is 0. The van der Waals surface area contributed by atoms with Gasteiger partial charge >= 0.3 is 0 Å². The number of hydrogen-bond acceptors (Lipinski definition) is 6. The van der Waals surface area contributed by atoms with Gasteiger partial charge in [0.25, 0.3) is 0 Å². The molecule has 0 bridgehead atoms. The van der Waals surface area contributed by atoms with Gasteiger partial charge in [0, 0.05) is 5.56 Å². The van der Waals surface area contributed by atoms with Crippen LogP contribution in [-0.4, -0.2) is 56.6 Å². The molecule has 6 nitrogen and oxygen atoms in total. The van der Waals surface area contributed by atoms with Crippen LogP contribution in [0.2, 0.25) is 0 Å². The van der Waals surface area contributed by atoms with E-state index in [2.05, 4.69) is 0 Å². The fraction of sp³-hybridized carbons (Fsp3) is 0.400. The largest absolute Gasteiger partial charge is 0.394 e. The number of hydrogen-bond donors (Lipinski definition) is 5. The SMILES string of the molecule is Cc1cccc(C(OCc2ccccc2)[C@H](O)[C@@H](O)[C@H](O)[C@H](O)CO)c1F. The molecule has 2 rings (SSSR count). The first-order valence-corrected chi connectivity index (χ1v) is 8.60. The van der Waals surface area contributed by atoms with Gasteiger partial charge in [-0.25, -0.2) is 4.39 Å². The highest BCUT2D eigenvalue weighted by Gasteiger charge is 2.37. The molecule has 1 unspecified atom stereocenters. The third-order valence-corrected chi connectivity index (χ3v) is 4.39. The molecule has 0 aliphatic heterocycles. The minimum absolute atomic E-state index is 0.0168. The average molecular weight is 380 g/mol. The van der Waals surface area contributed by atoms with E-state index >= 15 is 0 Å². The van der Waals surface area contributed by atoms with Crippen LogP contribution >= 0.6 is 0 Å². The van der Waals surface area contributed by atoms with E-state index in [9.17, 15) is 24.8 Å². The Balaban J connectivity index is 2.29. The van der Waals surface area contributed by atoms with E-state index in [-0.39, 0.29) is 12.2 Å². The van der Waals surface area contributed by atoms with Crippen LogP contribution < -0.4 is 0 Å². The zero-order valence-corrected chi connectivity index (χ0v) is 14.9. The van der Waals surface area contributed by atoms with Crippen LogP contribution in [-0.2, 0) is 11.3 Å². The summed E-state index contributed by atoms with van der Waals surface area (Å²) in [6.45, 7) is 0.779. The van der Waals surface area contributed by atoms with Gasteiger partial charge in [-0.2, -0.15) is 0 Å². The van der Waals surface area contributed by atoms with Crippen LogP contribution in [0.15, 0.2) is 48.5 Å². The summed E-state index contributed by atoms with van der Waals surface area (Å²) in [6, 6.07) is 13.6. The van der Waals surface area contributed by atoms with E-state index in [1.807, 2.05) is 6.07 Å². The molecule has 2 aromatic rings. The van der Waals surface area contributed by atoms with Crippen LogP contribution in [0.25, 0.3) is 0 Å². The Kier molecular flexibility index (Phi) is 7.85. The first-order chi connectivity index (χ1) is 12.9. The standard InChI is InChI=1S/C20H25FO6/c1-12-6-5-9-14(16(12)21)20(27-11-13-7-3-2-4-8-13)19(26)18(25)17(24)15(23)10-22/h2-9,15,17-20,22-26H,10-11H2,1H3/t15-,17-,18+,19-,20?/m1/s1. The Morgan fingerprint density at radius 1 is 0.889 bits per heavy atom. The first kappa shape index (κ1) is 21.4. The van der Waals surface area contributed by atoms with Crippen molar-refractivity contribution in [1.82, 2.24) is 0 Å². The van der Waals surface area contributed by atoms with Crippen LogP contribution in [0.1, 0.15) is 22.8 Å². The summed E-state index contributed by atoms with van der Waals surface area (Å²) in [5, 5.41) is 49.1. The molecule has 148 valence electrons. The molecule has 0 heterocycles. The molecule has 0 amide bonds. The number of aliphatic hydroxyl groups is 5. The van der Waals surface area contributed by atoms with E-state index in [0.717, 1.165) is 5.56 Å². The van der Waals surface area contributed by atoms with Crippen molar-refractivity contribution in [3.8, 4) is 0 Å². The Morgan fingerprint density at radius 2 is 1.56 bits per heavy atom. The molecule has 0 fully saturated rings. The van der Waals surface area contributed by atoms with Crippen molar-refractivity contribution in [2.45, 2.75) is 44.1 Å². The molecule has 27 heavy (non-hydrogen) atoms. The van der Waals surface area contributed by atoms with Crippen molar-refractivity contribution < 1.29 is 34.7 Å². The van der Waals surface area contributed by atoms with E-state index in [1.54, 1.807) is 43.3 Å². The molecular weight excluding hydrogens is 355 g/mol. The van der Waals surface area contributed by atoms with Gasteiger partial charge in [-0.15, -0.1) is 0 Å². The van der Waals surface area contributed by atoms with Gasteiger partial charge in [0.15, 0.2) is 0 Å². The summed E-state index contributed by atoms with van der Waals surface area (Å²) in [5.41, 5.74) is 1.12. The first-order valence-electron chi connectivity index (χ1n) is 8.60. The maximum atomic E-state index is 14.6. The van der Waals surface area contributed by atoms with Gasteiger partial charge in [-0.3, -0.25) is 0 Å². The fourth-order valence-electron chi connectivity index (χ4n) is 2.74. The molecular formula is C20H25FO6. The predicted molar refractivity (Wildman–Crippen MR) is 96.2 cm³/mol. The van der Waals surface area contributed by atoms with Crippen LogP contribution in [0.4, 0.5) is 4.39 Å². The molecule has 0 saturated carbocycles. The number of rotatable bonds is 9. The summed E-state index contributed by atoms with van der Waals surface area (Å²) in [6.07, 6.45) is -8.41. The number of aryl methyl sites for hydroxylation is 1. The number of ether oxygens (including phenoxy) is 1. The number of aliphatic hydroxyl groups excluding tert-OH is 5. The summed E-state index contributed by atoms with van der Waals surface area (Å²) in [4.78, 5) is 0. The van der Waals surface area contributed by atoms with Gasteiger partial charge in [0.05, 0.1) is 13.2 Å². The van der Waals surface area contributed by atoms with Crippen LogP contribution in [0, 0.1) is 12.7 Å². The monoisotopic (exact) mass is 380 g/mol. The molecule has 0 spiro atoms. The summed E-state index contributed by atoms with van der Waals surface area (Å²) < 4.78 is 20.3. The zero-order valence-electron chi connectivity index (χ0n) is 14.9. The Morgan fingerprint density at radius 3 is 2.19 bits per heavy atom. The second-order valence-corrected chi connectivity index (χ2v) is 6.42. The maximum absolute atomic E-state index is 14.6. The minimum atomic E-state index is -1.87. The topological polar surface area (TPSA) is 110 Å². The normalized spacial score (nSPS) is 17.1. The maximum Gasteiger partial charge on any atom is 0.132 e. The molecule has 0 radical (unpaired) electrons. The predicted octanol–water partition coefficient (Wildman–Crippen LogP) is 0.828. The van der Waals surface area contributed by atoms with Crippen molar-refractivity contribution in [2.24, 2.45) is 0 Å². The van der Waals surface area contributed by atoms with Crippen molar-refractivity contribution in [1.29, 1.82) is 0 Å².